The Balaban J connectivity index is 1.79. The van der Waals surface area contributed by atoms with Crippen LogP contribution in [-0.4, -0.2) is 38.0 Å². The molecule has 8 nitrogen and oxygen atoms in total. The molecule has 8 heteroatoms. The van der Waals surface area contributed by atoms with Crippen LogP contribution in [0.3, 0.4) is 0 Å². The lowest BCUT2D eigenvalue weighted by atomic mass is 10.1. The predicted molar refractivity (Wildman–Crippen MR) is 126 cm³/mol. The van der Waals surface area contributed by atoms with Gasteiger partial charge in [-0.1, -0.05) is 6.07 Å². The molecule has 1 N–H and O–H groups in total. The van der Waals surface area contributed by atoms with Gasteiger partial charge in [-0.2, -0.15) is 5.10 Å². The number of rotatable bonds is 5. The Bertz CT molecular complexity index is 1500. The molecule has 0 unspecified atom stereocenters. The maximum atomic E-state index is 13.7. The van der Waals surface area contributed by atoms with E-state index in [9.17, 15) is 4.79 Å². The second kappa shape index (κ2) is 7.81. The molecule has 0 aliphatic rings. The van der Waals surface area contributed by atoms with E-state index < -0.39 is 0 Å². The molecular formula is C24H22N6O2. The molecule has 0 aliphatic carbocycles. The van der Waals surface area contributed by atoms with Crippen LogP contribution in [0.2, 0.25) is 0 Å². The standard InChI is InChI=1S/C24H22N6O2/c1-4-25-21-12-11-20-23(27-21)30(17-6-8-18(32-3)9-7-17)24(31)22(26-20)15-5-10-19-16(13-15)14-29(2)28-19/h5-14H,4H2,1-3H3,(H,25,27). The molecule has 0 aliphatic heterocycles. The van der Waals surface area contributed by atoms with Crippen molar-refractivity contribution >= 4 is 27.9 Å². The lowest BCUT2D eigenvalue weighted by Crippen LogP contribution is -2.23. The van der Waals surface area contributed by atoms with Crippen LogP contribution < -0.4 is 15.6 Å². The van der Waals surface area contributed by atoms with Gasteiger partial charge in [0.25, 0.3) is 5.56 Å². The maximum Gasteiger partial charge on any atom is 0.283 e. The van der Waals surface area contributed by atoms with Gasteiger partial charge in [0.1, 0.15) is 22.8 Å². The average Bonchev–Trinajstić information content (AvgIpc) is 3.18. The minimum Gasteiger partial charge on any atom is -0.497 e. The first-order chi connectivity index (χ1) is 15.6. The van der Waals surface area contributed by atoms with Gasteiger partial charge in [0.2, 0.25) is 0 Å². The summed E-state index contributed by atoms with van der Waals surface area (Å²) in [5.74, 6) is 1.40. The van der Waals surface area contributed by atoms with E-state index >= 15 is 0 Å². The summed E-state index contributed by atoms with van der Waals surface area (Å²) in [4.78, 5) is 23.1. The van der Waals surface area contributed by atoms with Crippen LogP contribution in [0, 0.1) is 0 Å². The van der Waals surface area contributed by atoms with Crippen molar-refractivity contribution in [3.8, 4) is 22.7 Å². The summed E-state index contributed by atoms with van der Waals surface area (Å²) in [5.41, 5.74) is 3.52. The first-order valence-electron chi connectivity index (χ1n) is 10.3. The molecular weight excluding hydrogens is 404 g/mol. The van der Waals surface area contributed by atoms with Gasteiger partial charge in [-0.05, 0) is 55.5 Å². The van der Waals surface area contributed by atoms with Crippen molar-refractivity contribution in [3.05, 3.63) is 71.1 Å². The number of nitrogens with zero attached hydrogens (tertiary/aromatic N) is 5. The second-order valence-electron chi connectivity index (χ2n) is 7.44. The summed E-state index contributed by atoms with van der Waals surface area (Å²) in [6, 6.07) is 16.8. The smallest absolute Gasteiger partial charge is 0.283 e. The zero-order valence-corrected chi connectivity index (χ0v) is 18.0. The molecule has 0 saturated carbocycles. The highest BCUT2D eigenvalue weighted by molar-refractivity contribution is 5.85. The number of aromatic nitrogens is 5. The third kappa shape index (κ3) is 3.35. The number of nitrogens with one attached hydrogen (secondary N) is 1. The number of hydrogen-bond acceptors (Lipinski definition) is 6. The third-order valence-electron chi connectivity index (χ3n) is 5.29. The normalized spacial score (nSPS) is 11.2. The molecule has 5 aromatic rings. The summed E-state index contributed by atoms with van der Waals surface area (Å²) in [7, 11) is 3.48. The highest BCUT2D eigenvalue weighted by atomic mass is 16.5. The Labute approximate surface area is 184 Å². The van der Waals surface area contributed by atoms with Gasteiger partial charge in [0.05, 0.1) is 18.3 Å². The molecule has 0 fully saturated rings. The van der Waals surface area contributed by atoms with E-state index in [1.807, 2.05) is 74.8 Å². The Morgan fingerprint density at radius 3 is 2.53 bits per heavy atom. The van der Waals surface area contributed by atoms with E-state index in [1.54, 1.807) is 16.4 Å². The van der Waals surface area contributed by atoms with Crippen LogP contribution in [0.15, 0.2) is 65.6 Å². The number of ether oxygens (including phenoxy) is 1. The Hall–Kier alpha value is -4.20. The van der Waals surface area contributed by atoms with Crippen LogP contribution in [-0.2, 0) is 7.05 Å². The van der Waals surface area contributed by atoms with Gasteiger partial charge >= 0.3 is 0 Å². The number of pyridine rings is 1. The monoisotopic (exact) mass is 426 g/mol. The largest absolute Gasteiger partial charge is 0.497 e. The van der Waals surface area contributed by atoms with Crippen LogP contribution in [0.25, 0.3) is 39.0 Å². The molecule has 0 spiro atoms. The first kappa shape index (κ1) is 19.7. The number of methoxy groups -OCH3 is 1. The van der Waals surface area contributed by atoms with E-state index in [4.69, 9.17) is 9.72 Å². The first-order valence-corrected chi connectivity index (χ1v) is 10.3. The fourth-order valence-corrected chi connectivity index (χ4v) is 3.80. The molecule has 5 rings (SSSR count). The number of benzene rings is 2. The van der Waals surface area contributed by atoms with E-state index in [0.717, 1.165) is 23.0 Å². The van der Waals surface area contributed by atoms with Gasteiger partial charge in [-0.3, -0.25) is 14.0 Å². The van der Waals surface area contributed by atoms with Gasteiger partial charge in [0, 0.05) is 30.7 Å². The van der Waals surface area contributed by atoms with Crippen molar-refractivity contribution in [2.45, 2.75) is 6.92 Å². The number of aryl methyl sites for hydroxylation is 1. The van der Waals surface area contributed by atoms with E-state index in [2.05, 4.69) is 15.4 Å². The molecule has 3 heterocycles. The third-order valence-corrected chi connectivity index (χ3v) is 5.29. The lowest BCUT2D eigenvalue weighted by Gasteiger charge is -2.13. The quantitative estimate of drug-likeness (QED) is 0.460. The summed E-state index contributed by atoms with van der Waals surface area (Å²) in [6.07, 6.45) is 1.92. The second-order valence-corrected chi connectivity index (χ2v) is 7.44. The summed E-state index contributed by atoms with van der Waals surface area (Å²) >= 11 is 0. The molecule has 2 aromatic carbocycles. The highest BCUT2D eigenvalue weighted by Gasteiger charge is 2.17. The minimum atomic E-state index is -0.243. The maximum absolute atomic E-state index is 13.7. The van der Waals surface area contributed by atoms with Crippen molar-refractivity contribution in [1.29, 1.82) is 0 Å². The summed E-state index contributed by atoms with van der Waals surface area (Å²) in [6.45, 7) is 2.72. The molecule has 160 valence electrons. The van der Waals surface area contributed by atoms with Crippen LogP contribution >= 0.6 is 0 Å². The number of anilines is 1. The topological polar surface area (TPSA) is 86.9 Å². The molecule has 0 atom stereocenters. The van der Waals surface area contributed by atoms with Gasteiger partial charge in [-0.15, -0.1) is 0 Å². The Morgan fingerprint density at radius 2 is 1.78 bits per heavy atom. The summed E-state index contributed by atoms with van der Waals surface area (Å²) < 4.78 is 8.63. The van der Waals surface area contributed by atoms with E-state index in [0.29, 0.717) is 34.1 Å². The average molecular weight is 426 g/mol. The molecule has 0 amide bonds. The molecule has 0 saturated heterocycles. The van der Waals surface area contributed by atoms with E-state index in [1.165, 1.54) is 0 Å². The highest BCUT2D eigenvalue weighted by Crippen LogP contribution is 2.24. The summed E-state index contributed by atoms with van der Waals surface area (Å²) in [5, 5.41) is 8.56. The Morgan fingerprint density at radius 1 is 1.00 bits per heavy atom. The minimum absolute atomic E-state index is 0.243. The Kier molecular flexibility index (Phi) is 4.82. The van der Waals surface area contributed by atoms with Crippen molar-refractivity contribution in [1.82, 2.24) is 24.3 Å². The van der Waals surface area contributed by atoms with Gasteiger partial charge in [0.15, 0.2) is 5.65 Å². The molecule has 0 radical (unpaired) electrons. The van der Waals surface area contributed by atoms with Gasteiger partial charge < -0.3 is 10.1 Å². The number of fused-ring (bicyclic) bond motifs is 2. The van der Waals surface area contributed by atoms with Crippen molar-refractivity contribution < 1.29 is 4.74 Å². The zero-order valence-electron chi connectivity index (χ0n) is 18.0. The van der Waals surface area contributed by atoms with Crippen LogP contribution in [0.1, 0.15) is 6.92 Å². The fraction of sp³-hybridized carbons (Fsp3) is 0.167. The number of hydrogen-bond donors (Lipinski definition) is 1. The molecule has 0 bridgehead atoms. The van der Waals surface area contributed by atoms with Crippen LogP contribution in [0.5, 0.6) is 5.75 Å². The predicted octanol–water partition coefficient (Wildman–Crippen LogP) is 3.77. The van der Waals surface area contributed by atoms with Crippen molar-refractivity contribution in [3.63, 3.8) is 0 Å². The van der Waals surface area contributed by atoms with Gasteiger partial charge in [-0.25, -0.2) is 9.97 Å². The molecule has 32 heavy (non-hydrogen) atoms. The fourth-order valence-electron chi connectivity index (χ4n) is 3.80. The van der Waals surface area contributed by atoms with Crippen molar-refractivity contribution in [2.24, 2.45) is 7.05 Å². The van der Waals surface area contributed by atoms with Crippen molar-refractivity contribution in [2.75, 3.05) is 19.0 Å². The SMILES string of the molecule is CCNc1ccc2nc(-c3ccc4nn(C)cc4c3)c(=O)n(-c3ccc(OC)cc3)c2n1. The van der Waals surface area contributed by atoms with E-state index in [-0.39, 0.29) is 5.56 Å². The molecule has 3 aromatic heterocycles. The van der Waals surface area contributed by atoms with Crippen LogP contribution in [0.4, 0.5) is 5.82 Å². The lowest BCUT2D eigenvalue weighted by molar-refractivity contribution is 0.414. The zero-order chi connectivity index (χ0) is 22.2.